The molecule has 0 unspecified atom stereocenters. The molecule has 1 amide bonds. The van der Waals surface area contributed by atoms with E-state index in [1.54, 1.807) is 6.07 Å². The molecule has 1 fully saturated rings. The van der Waals surface area contributed by atoms with Gasteiger partial charge in [0.05, 0.1) is 6.54 Å². The largest absolute Gasteiger partial charge is 0.398 e. The highest BCUT2D eigenvalue weighted by Gasteiger charge is 2.33. The summed E-state index contributed by atoms with van der Waals surface area (Å²) in [6.07, 6.45) is 0. The summed E-state index contributed by atoms with van der Waals surface area (Å²) in [6, 6.07) is 5.39. The summed E-state index contributed by atoms with van der Waals surface area (Å²) in [7, 11) is -3.69. The van der Waals surface area contributed by atoms with Crippen molar-refractivity contribution < 1.29 is 13.2 Å². The van der Waals surface area contributed by atoms with Crippen LogP contribution in [0.5, 0.6) is 0 Å². The molecule has 1 aliphatic heterocycles. The highest BCUT2D eigenvalue weighted by Crippen LogP contribution is 2.18. The molecule has 0 aliphatic carbocycles. The van der Waals surface area contributed by atoms with Crippen LogP contribution in [0.1, 0.15) is 11.1 Å². The molecule has 3 N–H and O–H groups in total. The number of nitrogens with two attached hydrogens (primary N) is 1. The Bertz CT molecular complexity index is 568. The summed E-state index contributed by atoms with van der Waals surface area (Å²) in [5, 5.41) is 0. The van der Waals surface area contributed by atoms with Crippen molar-refractivity contribution in [1.29, 1.82) is 0 Å². The summed E-state index contributed by atoms with van der Waals surface area (Å²) in [5.74, 6) is -0.517. The van der Waals surface area contributed by atoms with Crippen molar-refractivity contribution in [2.24, 2.45) is 0 Å². The fourth-order valence-electron chi connectivity index (χ4n) is 1.69. The highest BCUT2D eigenvalue weighted by molar-refractivity contribution is 7.88. The molecule has 1 aromatic rings. The number of nitrogens with zero attached hydrogens (tertiary/aromatic N) is 1. The first-order valence-corrected chi connectivity index (χ1v) is 6.48. The van der Waals surface area contributed by atoms with Crippen molar-refractivity contribution >= 4 is 21.8 Å². The quantitative estimate of drug-likeness (QED) is 0.713. The van der Waals surface area contributed by atoms with Gasteiger partial charge in [-0.2, -0.15) is 12.7 Å². The van der Waals surface area contributed by atoms with E-state index in [9.17, 15) is 13.2 Å². The molecule has 0 aromatic heterocycles. The van der Waals surface area contributed by atoms with Crippen molar-refractivity contribution in [3.8, 4) is 0 Å². The Morgan fingerprint density at radius 1 is 1.47 bits per heavy atom. The maximum absolute atomic E-state index is 11.5. The molecule has 2 rings (SSSR count). The smallest absolute Gasteiger partial charge is 0.304 e. The van der Waals surface area contributed by atoms with Crippen molar-refractivity contribution in [2.75, 3.05) is 12.3 Å². The van der Waals surface area contributed by atoms with E-state index in [1.165, 1.54) is 0 Å². The zero-order valence-electron chi connectivity index (χ0n) is 9.30. The van der Waals surface area contributed by atoms with Gasteiger partial charge in [-0.25, -0.2) is 4.72 Å². The number of carbonyl (C=O) groups excluding carboxylic acids is 1. The molecule has 92 valence electrons. The van der Waals surface area contributed by atoms with Gasteiger partial charge in [0, 0.05) is 12.2 Å². The lowest BCUT2D eigenvalue weighted by Crippen LogP contribution is -2.29. The lowest BCUT2D eigenvalue weighted by Gasteiger charge is -2.14. The van der Waals surface area contributed by atoms with Crippen LogP contribution in [0.3, 0.4) is 0 Å². The van der Waals surface area contributed by atoms with Crippen LogP contribution in [0.25, 0.3) is 0 Å². The predicted octanol–water partition coefficient (Wildman–Crippen LogP) is -0.246. The van der Waals surface area contributed by atoms with E-state index in [-0.39, 0.29) is 13.1 Å². The molecule has 0 saturated carbocycles. The fraction of sp³-hybridized carbons (Fsp3) is 0.300. The Balaban J connectivity index is 2.27. The molecule has 6 nitrogen and oxygen atoms in total. The van der Waals surface area contributed by atoms with Gasteiger partial charge in [-0.3, -0.25) is 4.79 Å². The van der Waals surface area contributed by atoms with Crippen LogP contribution in [0.4, 0.5) is 5.69 Å². The number of nitrogens with one attached hydrogen (secondary N) is 1. The molecular weight excluding hydrogens is 242 g/mol. The summed E-state index contributed by atoms with van der Waals surface area (Å²) in [6.45, 7) is 1.84. The maximum Gasteiger partial charge on any atom is 0.304 e. The van der Waals surface area contributed by atoms with Crippen LogP contribution < -0.4 is 10.5 Å². The SMILES string of the molecule is Cc1ccc(N)c(CN2CC(=O)NS2(=O)=O)c1. The molecule has 0 bridgehead atoms. The minimum atomic E-state index is -3.69. The van der Waals surface area contributed by atoms with E-state index >= 15 is 0 Å². The lowest BCUT2D eigenvalue weighted by atomic mass is 10.1. The number of benzene rings is 1. The Morgan fingerprint density at radius 2 is 2.18 bits per heavy atom. The zero-order valence-corrected chi connectivity index (χ0v) is 10.1. The topological polar surface area (TPSA) is 92.5 Å². The van der Waals surface area contributed by atoms with Gasteiger partial charge in [-0.05, 0) is 18.6 Å². The van der Waals surface area contributed by atoms with Crippen LogP contribution in [-0.2, 0) is 21.5 Å². The standard InChI is InChI=1S/C10H13N3O3S/c1-7-2-3-9(11)8(4-7)5-13-6-10(14)12-17(13,15)16/h2-4H,5-6,11H2,1H3,(H,12,14). The van der Waals surface area contributed by atoms with Gasteiger partial charge in [0.2, 0.25) is 5.91 Å². The number of anilines is 1. The number of nitrogen functional groups attached to an aromatic ring is 1. The summed E-state index contributed by atoms with van der Waals surface area (Å²) in [4.78, 5) is 11.0. The average molecular weight is 255 g/mol. The number of amides is 1. The number of hydrogen-bond donors (Lipinski definition) is 2. The second kappa shape index (κ2) is 4.01. The van der Waals surface area contributed by atoms with Gasteiger partial charge in [0.1, 0.15) is 0 Å². The van der Waals surface area contributed by atoms with Crippen molar-refractivity contribution in [3.05, 3.63) is 29.3 Å². The molecule has 1 aliphatic rings. The first-order valence-electron chi connectivity index (χ1n) is 5.04. The van der Waals surface area contributed by atoms with Crippen LogP contribution in [0, 0.1) is 6.92 Å². The molecule has 0 spiro atoms. The molecule has 17 heavy (non-hydrogen) atoms. The van der Waals surface area contributed by atoms with Crippen LogP contribution in [0.2, 0.25) is 0 Å². The van der Waals surface area contributed by atoms with Crippen molar-refractivity contribution in [1.82, 2.24) is 9.03 Å². The lowest BCUT2D eigenvalue weighted by molar-refractivity contribution is -0.118. The number of rotatable bonds is 2. The van der Waals surface area contributed by atoms with Crippen LogP contribution in [-0.4, -0.2) is 25.2 Å². The van der Waals surface area contributed by atoms with E-state index in [4.69, 9.17) is 5.73 Å². The van der Waals surface area contributed by atoms with Crippen molar-refractivity contribution in [3.63, 3.8) is 0 Å². The monoisotopic (exact) mass is 255 g/mol. The van der Waals surface area contributed by atoms with E-state index in [2.05, 4.69) is 0 Å². The molecule has 1 heterocycles. The summed E-state index contributed by atoms with van der Waals surface area (Å²) < 4.78 is 26.0. The van der Waals surface area contributed by atoms with Gasteiger partial charge in [0.15, 0.2) is 0 Å². The van der Waals surface area contributed by atoms with Gasteiger partial charge >= 0.3 is 10.2 Å². The summed E-state index contributed by atoms with van der Waals surface area (Å²) >= 11 is 0. The number of aryl methyl sites for hydroxylation is 1. The Kier molecular flexibility index (Phi) is 2.80. The fourth-order valence-corrected chi connectivity index (χ4v) is 2.77. The Labute approximate surface area is 99.6 Å². The van der Waals surface area contributed by atoms with E-state index in [1.807, 2.05) is 23.8 Å². The van der Waals surface area contributed by atoms with E-state index in [0.717, 1.165) is 9.87 Å². The average Bonchev–Trinajstić information content (AvgIpc) is 2.46. The molecule has 1 aromatic carbocycles. The van der Waals surface area contributed by atoms with Crippen LogP contribution >= 0.6 is 0 Å². The first-order chi connectivity index (χ1) is 7.88. The molecule has 0 radical (unpaired) electrons. The minimum Gasteiger partial charge on any atom is -0.398 e. The number of carbonyl (C=O) groups is 1. The molecule has 1 saturated heterocycles. The maximum atomic E-state index is 11.5. The van der Waals surface area contributed by atoms with E-state index in [0.29, 0.717) is 11.3 Å². The third-order valence-electron chi connectivity index (χ3n) is 2.55. The second-order valence-corrected chi connectivity index (χ2v) is 5.67. The number of hydrogen-bond acceptors (Lipinski definition) is 4. The second-order valence-electron chi connectivity index (χ2n) is 4.00. The first kappa shape index (κ1) is 11.9. The minimum absolute atomic E-state index is 0.106. The Morgan fingerprint density at radius 3 is 2.76 bits per heavy atom. The predicted molar refractivity (Wildman–Crippen MR) is 63.1 cm³/mol. The van der Waals surface area contributed by atoms with E-state index < -0.39 is 16.1 Å². The molecular formula is C10H13N3O3S. The Hall–Kier alpha value is -1.60. The van der Waals surface area contributed by atoms with Crippen LogP contribution in [0.15, 0.2) is 18.2 Å². The van der Waals surface area contributed by atoms with Gasteiger partial charge < -0.3 is 5.73 Å². The third-order valence-corrected chi connectivity index (χ3v) is 3.97. The highest BCUT2D eigenvalue weighted by atomic mass is 32.2. The summed E-state index contributed by atoms with van der Waals surface area (Å²) in [5.41, 5.74) is 7.97. The van der Waals surface area contributed by atoms with Gasteiger partial charge in [-0.15, -0.1) is 0 Å². The normalized spacial score (nSPS) is 19.2. The van der Waals surface area contributed by atoms with Gasteiger partial charge in [-0.1, -0.05) is 17.7 Å². The zero-order chi connectivity index (χ0) is 12.6. The third kappa shape index (κ3) is 2.40. The molecule has 0 atom stereocenters. The van der Waals surface area contributed by atoms with Gasteiger partial charge in [0.25, 0.3) is 0 Å². The molecule has 7 heteroatoms. The van der Waals surface area contributed by atoms with Crippen molar-refractivity contribution in [2.45, 2.75) is 13.5 Å².